The Morgan fingerprint density at radius 3 is 2.50 bits per heavy atom. The van der Waals surface area contributed by atoms with E-state index >= 15 is 0 Å². The summed E-state index contributed by atoms with van der Waals surface area (Å²) < 4.78 is 0. The average Bonchev–Trinajstić information content (AvgIpc) is 2.46. The molecule has 2 saturated carbocycles. The van der Waals surface area contributed by atoms with Crippen LogP contribution in [0.15, 0.2) is 0 Å². The summed E-state index contributed by atoms with van der Waals surface area (Å²) in [5.41, 5.74) is 0. The van der Waals surface area contributed by atoms with Crippen LogP contribution in [0, 0.1) is 5.92 Å². The van der Waals surface area contributed by atoms with Crippen molar-refractivity contribution in [2.45, 2.75) is 44.2 Å². The maximum absolute atomic E-state index is 2.35. The lowest BCUT2D eigenvalue weighted by atomic mass is 10.0. The summed E-state index contributed by atoms with van der Waals surface area (Å²) in [6.07, 6.45) is 9.31. The molecule has 1 unspecified atom stereocenters. The summed E-state index contributed by atoms with van der Waals surface area (Å²) in [5, 5.41) is 0.888. The fraction of sp³-hybridized carbons (Fsp3) is 1.00. The molecule has 0 N–H and O–H groups in total. The molecular weight excluding hydrogens is 139 g/mol. The van der Waals surface area contributed by atoms with E-state index in [0.29, 0.717) is 0 Å². The summed E-state index contributed by atoms with van der Waals surface area (Å²) in [6, 6.07) is 0. The van der Waals surface area contributed by atoms with E-state index < -0.39 is 0 Å². The van der Waals surface area contributed by atoms with Crippen molar-refractivity contribution < 1.29 is 0 Å². The molecule has 1 atom stereocenters. The SMILES string of the molecule is CCPC12CCC(CC1)C2. The maximum Gasteiger partial charge on any atom is -0.0119 e. The monoisotopic (exact) mass is 156 g/mol. The van der Waals surface area contributed by atoms with Gasteiger partial charge in [0.15, 0.2) is 0 Å². The lowest BCUT2D eigenvalue weighted by molar-refractivity contribution is 0.498. The van der Waals surface area contributed by atoms with Gasteiger partial charge in [-0.1, -0.05) is 6.92 Å². The van der Waals surface area contributed by atoms with Crippen LogP contribution in [-0.2, 0) is 0 Å². The molecule has 2 rings (SSSR count). The van der Waals surface area contributed by atoms with Crippen molar-refractivity contribution in [3.8, 4) is 0 Å². The Morgan fingerprint density at radius 1 is 1.40 bits per heavy atom. The second-order valence-electron chi connectivity index (χ2n) is 3.96. The van der Waals surface area contributed by atoms with E-state index in [1.54, 1.807) is 32.1 Å². The minimum absolute atomic E-state index is 0.888. The van der Waals surface area contributed by atoms with Gasteiger partial charge < -0.3 is 0 Å². The zero-order valence-corrected chi connectivity index (χ0v) is 7.82. The molecule has 2 aliphatic rings. The molecule has 0 aliphatic heterocycles. The molecule has 0 spiro atoms. The smallest absolute Gasteiger partial charge is 0.0119 e. The summed E-state index contributed by atoms with van der Waals surface area (Å²) in [6.45, 7) is 2.35. The zero-order chi connectivity index (χ0) is 7.03. The van der Waals surface area contributed by atoms with E-state index in [1.165, 1.54) is 14.7 Å². The van der Waals surface area contributed by atoms with Crippen molar-refractivity contribution in [3.63, 3.8) is 0 Å². The highest BCUT2D eigenvalue weighted by Gasteiger charge is 2.43. The number of hydrogen-bond acceptors (Lipinski definition) is 0. The highest BCUT2D eigenvalue weighted by molar-refractivity contribution is 7.40. The predicted octanol–water partition coefficient (Wildman–Crippen LogP) is 3.02. The van der Waals surface area contributed by atoms with Crippen LogP contribution in [0.25, 0.3) is 0 Å². The third-order valence-corrected chi connectivity index (χ3v) is 5.10. The van der Waals surface area contributed by atoms with Gasteiger partial charge in [-0.05, 0) is 49.3 Å². The minimum Gasteiger partial charge on any atom is -0.116 e. The Morgan fingerprint density at radius 2 is 2.10 bits per heavy atom. The highest BCUT2D eigenvalue weighted by atomic mass is 31.1. The molecule has 2 bridgehead atoms. The maximum atomic E-state index is 2.35. The molecule has 0 nitrogen and oxygen atoms in total. The van der Waals surface area contributed by atoms with Crippen molar-refractivity contribution in [2.24, 2.45) is 5.92 Å². The van der Waals surface area contributed by atoms with Crippen molar-refractivity contribution in [1.82, 2.24) is 0 Å². The number of fused-ring (bicyclic) bond motifs is 2. The summed E-state index contributed by atoms with van der Waals surface area (Å²) in [5.74, 6) is 1.15. The van der Waals surface area contributed by atoms with Crippen LogP contribution in [0.4, 0.5) is 0 Å². The third kappa shape index (κ3) is 1.01. The molecule has 2 fully saturated rings. The molecule has 0 saturated heterocycles. The molecule has 0 aromatic carbocycles. The average molecular weight is 156 g/mol. The van der Waals surface area contributed by atoms with E-state index in [-0.39, 0.29) is 0 Å². The summed E-state index contributed by atoms with van der Waals surface area (Å²) in [7, 11) is 1.28. The Kier molecular flexibility index (Phi) is 1.76. The fourth-order valence-electron chi connectivity index (χ4n) is 2.81. The molecule has 0 aromatic heterocycles. The van der Waals surface area contributed by atoms with Crippen LogP contribution >= 0.6 is 8.58 Å². The Balaban J connectivity index is 2.01. The molecule has 2 aliphatic carbocycles. The van der Waals surface area contributed by atoms with Gasteiger partial charge in [0.05, 0.1) is 0 Å². The normalized spacial score (nSPS) is 45.9. The largest absolute Gasteiger partial charge is 0.116 e. The van der Waals surface area contributed by atoms with E-state index in [9.17, 15) is 0 Å². The van der Waals surface area contributed by atoms with Crippen LogP contribution in [0.2, 0.25) is 0 Å². The van der Waals surface area contributed by atoms with Gasteiger partial charge in [-0.3, -0.25) is 0 Å². The van der Waals surface area contributed by atoms with Crippen molar-refractivity contribution >= 4 is 8.58 Å². The van der Waals surface area contributed by atoms with Crippen molar-refractivity contribution in [2.75, 3.05) is 6.16 Å². The van der Waals surface area contributed by atoms with Gasteiger partial charge >= 0.3 is 0 Å². The van der Waals surface area contributed by atoms with Crippen LogP contribution in [0.3, 0.4) is 0 Å². The molecule has 58 valence electrons. The topological polar surface area (TPSA) is 0 Å². The quantitative estimate of drug-likeness (QED) is 0.539. The lowest BCUT2D eigenvalue weighted by Gasteiger charge is -2.25. The standard InChI is InChI=1S/C9H17P/c1-2-10-9-5-3-8(7-9)4-6-9/h8,10H,2-7H2,1H3. The number of hydrogen-bond donors (Lipinski definition) is 0. The first kappa shape index (κ1) is 7.10. The number of rotatable bonds is 2. The molecule has 0 heterocycles. The van der Waals surface area contributed by atoms with Crippen molar-refractivity contribution in [3.05, 3.63) is 0 Å². The predicted molar refractivity (Wildman–Crippen MR) is 48.2 cm³/mol. The first-order chi connectivity index (χ1) is 4.85. The molecule has 0 amide bonds. The molecule has 0 radical (unpaired) electrons. The van der Waals surface area contributed by atoms with E-state index in [0.717, 1.165) is 11.1 Å². The van der Waals surface area contributed by atoms with Gasteiger partial charge in [-0.15, -0.1) is 8.58 Å². The Labute approximate surface area is 65.6 Å². The van der Waals surface area contributed by atoms with E-state index in [4.69, 9.17) is 0 Å². The lowest BCUT2D eigenvalue weighted by Crippen LogP contribution is -2.15. The van der Waals surface area contributed by atoms with Gasteiger partial charge in [-0.2, -0.15) is 0 Å². The van der Waals surface area contributed by atoms with Crippen LogP contribution in [0.5, 0.6) is 0 Å². The van der Waals surface area contributed by atoms with Gasteiger partial charge in [0, 0.05) is 0 Å². The molecule has 1 heteroatoms. The first-order valence-corrected chi connectivity index (χ1v) is 5.80. The van der Waals surface area contributed by atoms with Crippen LogP contribution < -0.4 is 0 Å². The summed E-state index contributed by atoms with van der Waals surface area (Å²) >= 11 is 0. The minimum atomic E-state index is 0.888. The van der Waals surface area contributed by atoms with Crippen LogP contribution in [-0.4, -0.2) is 11.3 Å². The molecule has 0 aromatic rings. The Hall–Kier alpha value is 0.430. The Bertz CT molecular complexity index is 123. The second-order valence-corrected chi connectivity index (χ2v) is 6.08. The van der Waals surface area contributed by atoms with Gasteiger partial charge in [0.2, 0.25) is 0 Å². The highest BCUT2D eigenvalue weighted by Crippen LogP contribution is 2.57. The second kappa shape index (κ2) is 2.48. The molecular formula is C9H17P. The van der Waals surface area contributed by atoms with Gasteiger partial charge in [-0.25, -0.2) is 0 Å². The van der Waals surface area contributed by atoms with E-state index in [2.05, 4.69) is 6.92 Å². The van der Waals surface area contributed by atoms with Crippen LogP contribution in [0.1, 0.15) is 39.0 Å². The van der Waals surface area contributed by atoms with Gasteiger partial charge in [0.25, 0.3) is 0 Å². The zero-order valence-electron chi connectivity index (χ0n) is 6.82. The van der Waals surface area contributed by atoms with Crippen molar-refractivity contribution in [1.29, 1.82) is 0 Å². The van der Waals surface area contributed by atoms with E-state index in [1.807, 2.05) is 0 Å². The van der Waals surface area contributed by atoms with Gasteiger partial charge in [0.1, 0.15) is 0 Å². The fourth-order valence-corrected chi connectivity index (χ4v) is 4.64. The third-order valence-electron chi connectivity index (χ3n) is 3.29. The molecule has 10 heavy (non-hydrogen) atoms. The first-order valence-electron chi connectivity index (χ1n) is 4.60. The summed E-state index contributed by atoms with van der Waals surface area (Å²) in [4.78, 5) is 0.